The van der Waals surface area contributed by atoms with Gasteiger partial charge >= 0.3 is 5.97 Å². The average molecular weight is 416 g/mol. The maximum atomic E-state index is 13.0. The maximum Gasteiger partial charge on any atom is 0.345 e. The number of carboxylic acids is 1. The Bertz CT molecular complexity index is 963. The minimum absolute atomic E-state index is 0.0203. The van der Waals surface area contributed by atoms with Gasteiger partial charge in [-0.25, -0.2) is 13.2 Å². The predicted molar refractivity (Wildman–Crippen MR) is 97.3 cm³/mol. The molecule has 138 valence electrons. The number of rotatable bonds is 5. The third kappa shape index (κ3) is 3.40. The fourth-order valence-corrected chi connectivity index (χ4v) is 4.75. The summed E-state index contributed by atoms with van der Waals surface area (Å²) < 4.78 is 32.3. The molecule has 1 N–H and O–H groups in total. The van der Waals surface area contributed by atoms with E-state index in [9.17, 15) is 13.2 Å². The van der Waals surface area contributed by atoms with Gasteiger partial charge < -0.3 is 9.84 Å². The van der Waals surface area contributed by atoms with Crippen molar-refractivity contribution in [1.82, 2.24) is 4.31 Å². The highest BCUT2D eigenvalue weighted by Crippen LogP contribution is 2.44. The lowest BCUT2D eigenvalue weighted by Crippen LogP contribution is -2.27. The number of nitrogens with zero attached hydrogens (tertiary/aromatic N) is 1. The first-order chi connectivity index (χ1) is 12.2. The van der Waals surface area contributed by atoms with Crippen LogP contribution in [0.5, 0.6) is 5.75 Å². The number of benzene rings is 2. The lowest BCUT2D eigenvalue weighted by molar-refractivity contribution is -0.144. The van der Waals surface area contributed by atoms with Gasteiger partial charge in [0.1, 0.15) is 15.7 Å². The first kappa shape index (κ1) is 19.0. The summed E-state index contributed by atoms with van der Waals surface area (Å²) in [6, 6.07) is 10.4. The van der Waals surface area contributed by atoms with Gasteiger partial charge in [0.25, 0.3) is 0 Å². The summed E-state index contributed by atoms with van der Waals surface area (Å²) >= 11 is 12.3. The molecule has 9 heteroatoms. The summed E-state index contributed by atoms with van der Waals surface area (Å²) in [5.41, 5.74) is 1.22. The summed E-state index contributed by atoms with van der Waals surface area (Å²) in [7, 11) is -2.49. The normalized spacial score (nSPS) is 16.4. The van der Waals surface area contributed by atoms with E-state index in [4.69, 9.17) is 33.0 Å². The lowest BCUT2D eigenvalue weighted by Gasteiger charge is -2.19. The van der Waals surface area contributed by atoms with Crippen molar-refractivity contribution in [2.24, 2.45) is 0 Å². The fourth-order valence-electron chi connectivity index (χ4n) is 2.72. The first-order valence-electron chi connectivity index (χ1n) is 7.62. The molecular formula is C17H15Cl2NO5S. The van der Waals surface area contributed by atoms with Gasteiger partial charge in [-0.3, -0.25) is 0 Å². The Morgan fingerprint density at radius 1 is 1.27 bits per heavy atom. The predicted octanol–water partition coefficient (Wildman–Crippen LogP) is 3.20. The Morgan fingerprint density at radius 2 is 1.92 bits per heavy atom. The molecule has 26 heavy (non-hydrogen) atoms. The van der Waals surface area contributed by atoms with E-state index in [1.54, 1.807) is 0 Å². The third-order valence-corrected chi connectivity index (χ3v) is 6.87. The van der Waals surface area contributed by atoms with E-state index in [0.29, 0.717) is 5.56 Å². The van der Waals surface area contributed by atoms with Crippen molar-refractivity contribution in [1.29, 1.82) is 0 Å². The van der Waals surface area contributed by atoms with Gasteiger partial charge in [0, 0.05) is 25.6 Å². The van der Waals surface area contributed by atoms with Gasteiger partial charge in [-0.05, 0) is 11.6 Å². The van der Waals surface area contributed by atoms with E-state index < -0.39 is 22.1 Å². The average Bonchev–Trinajstić information content (AvgIpc) is 3.03. The number of fused-ring (bicyclic) bond motifs is 1. The van der Waals surface area contributed by atoms with Gasteiger partial charge in [-0.15, -0.1) is 0 Å². The molecule has 2 aromatic carbocycles. The molecule has 1 aliphatic rings. The minimum Gasteiger partial charge on any atom is -0.478 e. The monoisotopic (exact) mass is 415 g/mol. The van der Waals surface area contributed by atoms with Crippen molar-refractivity contribution in [3.63, 3.8) is 0 Å². The molecule has 0 amide bonds. The summed E-state index contributed by atoms with van der Waals surface area (Å²) in [4.78, 5) is 11.0. The number of aliphatic carboxylic acids is 1. The summed E-state index contributed by atoms with van der Waals surface area (Å²) in [5.74, 6) is -1.03. The smallest absolute Gasteiger partial charge is 0.345 e. The zero-order valence-corrected chi connectivity index (χ0v) is 16.0. The minimum atomic E-state index is -3.94. The number of halogens is 2. The van der Waals surface area contributed by atoms with Crippen molar-refractivity contribution in [3.05, 3.63) is 57.6 Å². The van der Waals surface area contributed by atoms with E-state index >= 15 is 0 Å². The van der Waals surface area contributed by atoms with Gasteiger partial charge in [0.05, 0.1) is 5.02 Å². The van der Waals surface area contributed by atoms with Crippen LogP contribution in [0.25, 0.3) is 0 Å². The molecular weight excluding hydrogens is 401 g/mol. The quantitative estimate of drug-likeness (QED) is 0.810. The van der Waals surface area contributed by atoms with Gasteiger partial charge in [0.15, 0.2) is 6.10 Å². The van der Waals surface area contributed by atoms with Crippen LogP contribution in [0.1, 0.15) is 11.1 Å². The van der Waals surface area contributed by atoms with Crippen LogP contribution in [0.2, 0.25) is 10.0 Å². The Morgan fingerprint density at radius 3 is 2.54 bits per heavy atom. The number of carbonyl (C=O) groups is 1. The molecule has 6 nitrogen and oxygen atoms in total. The van der Waals surface area contributed by atoms with Crippen LogP contribution in [-0.2, 0) is 27.8 Å². The summed E-state index contributed by atoms with van der Waals surface area (Å²) in [6.07, 6.45) is -1.09. The zero-order valence-electron chi connectivity index (χ0n) is 13.6. The molecule has 1 unspecified atom stereocenters. The zero-order chi connectivity index (χ0) is 19.1. The molecule has 0 aromatic heterocycles. The Hall–Kier alpha value is -1.80. The van der Waals surface area contributed by atoms with Crippen molar-refractivity contribution in [2.75, 3.05) is 7.05 Å². The van der Waals surface area contributed by atoms with Crippen LogP contribution in [0.3, 0.4) is 0 Å². The molecule has 1 aliphatic heterocycles. The van der Waals surface area contributed by atoms with Gasteiger partial charge in [0.2, 0.25) is 10.0 Å². The Kier molecular flexibility index (Phi) is 5.16. The molecule has 0 radical (unpaired) electrons. The third-order valence-electron chi connectivity index (χ3n) is 4.08. The first-order valence-corrected chi connectivity index (χ1v) is 9.82. The number of hydrogen-bond acceptors (Lipinski definition) is 4. The van der Waals surface area contributed by atoms with Crippen LogP contribution < -0.4 is 4.74 Å². The molecule has 2 aromatic rings. The van der Waals surface area contributed by atoms with Crippen molar-refractivity contribution >= 4 is 39.2 Å². The van der Waals surface area contributed by atoms with Gasteiger partial charge in [-0.2, -0.15) is 4.31 Å². The molecule has 0 saturated carbocycles. The standard InChI is InChI=1S/C17H15Cl2NO5S/c1-20(9-10-5-3-2-4-6-10)26(23,24)13-8-11-7-12(17(21)22)25-16(11)15(19)14(13)18/h2-6,8,12H,7,9H2,1H3,(H,21,22). The van der Waals surface area contributed by atoms with E-state index in [-0.39, 0.29) is 33.7 Å². The highest BCUT2D eigenvalue weighted by atomic mass is 35.5. The number of sulfonamides is 1. The largest absolute Gasteiger partial charge is 0.478 e. The van der Waals surface area contributed by atoms with Crippen LogP contribution in [0, 0.1) is 0 Å². The van der Waals surface area contributed by atoms with E-state index in [1.165, 1.54) is 13.1 Å². The maximum absolute atomic E-state index is 13.0. The van der Waals surface area contributed by atoms with Crippen LogP contribution in [-0.4, -0.2) is 37.0 Å². The lowest BCUT2D eigenvalue weighted by atomic mass is 10.1. The number of ether oxygens (including phenoxy) is 1. The van der Waals surface area contributed by atoms with Crippen LogP contribution >= 0.6 is 23.2 Å². The second-order valence-electron chi connectivity index (χ2n) is 5.89. The van der Waals surface area contributed by atoms with E-state index in [1.807, 2.05) is 30.3 Å². The number of hydrogen-bond donors (Lipinski definition) is 1. The Balaban J connectivity index is 1.97. The van der Waals surface area contributed by atoms with Gasteiger partial charge in [-0.1, -0.05) is 53.5 Å². The van der Waals surface area contributed by atoms with Crippen molar-refractivity contribution in [2.45, 2.75) is 24.0 Å². The molecule has 0 spiro atoms. The molecule has 1 atom stereocenters. The summed E-state index contributed by atoms with van der Waals surface area (Å²) in [6.45, 7) is 0.155. The summed E-state index contributed by atoms with van der Waals surface area (Å²) in [5, 5.41) is 8.82. The fraction of sp³-hybridized carbons (Fsp3) is 0.235. The molecule has 0 bridgehead atoms. The van der Waals surface area contributed by atoms with Crippen LogP contribution in [0.15, 0.2) is 41.3 Å². The van der Waals surface area contributed by atoms with E-state index in [0.717, 1.165) is 9.87 Å². The second-order valence-corrected chi connectivity index (χ2v) is 8.66. The van der Waals surface area contributed by atoms with E-state index in [2.05, 4.69) is 0 Å². The van der Waals surface area contributed by atoms with Crippen molar-refractivity contribution in [3.8, 4) is 5.75 Å². The highest BCUT2D eigenvalue weighted by Gasteiger charge is 2.35. The Labute approximate surface area is 161 Å². The highest BCUT2D eigenvalue weighted by molar-refractivity contribution is 7.89. The second kappa shape index (κ2) is 7.08. The topological polar surface area (TPSA) is 83.9 Å². The SMILES string of the molecule is CN(Cc1ccccc1)S(=O)(=O)c1cc2c(c(Cl)c1Cl)OC(C(=O)O)C2. The molecule has 1 heterocycles. The van der Waals surface area contributed by atoms with Crippen molar-refractivity contribution < 1.29 is 23.1 Å². The number of carboxylic acid groups (broad SMARTS) is 1. The molecule has 0 saturated heterocycles. The molecule has 0 fully saturated rings. The molecule has 0 aliphatic carbocycles. The molecule has 3 rings (SSSR count). The van der Waals surface area contributed by atoms with Crippen LogP contribution in [0.4, 0.5) is 0 Å².